The van der Waals surface area contributed by atoms with Gasteiger partial charge in [-0.15, -0.1) is 0 Å². The van der Waals surface area contributed by atoms with Gasteiger partial charge in [-0.3, -0.25) is 62.5 Å². The van der Waals surface area contributed by atoms with Crippen molar-refractivity contribution in [3.63, 3.8) is 0 Å². The number of carbonyl (C=O) groups is 12. The van der Waals surface area contributed by atoms with Crippen LogP contribution in [0.4, 0.5) is 0 Å². The number of primary amides is 1. The standard InChI is InChI=1S/C55H82N14O16/c1-28(2)25-38(49(79)63-35(13-9-23-60-55(58)59)48(78)64-37(20-22-43(73)74)47(77)62-30(4)54(84)85)66-51(81)41-14-10-24-69(41)53(83)40(27-33-15-17-34(71)18-16-33)68-45(75)29(3)61-46(76)36(19-21-42(56)72)65-50(80)39(26-32-11-7-6-8-12-32)67-52(82)44(57)31(5)70/h6-8,11-12,15-18,28-31,35-41,44,70-71H,9-10,13-14,19-27,57H2,1-5H3,(H2,56,72)(H,61,76)(H,62,77)(H,63,79)(H,64,78)(H,65,80)(H,66,81)(H,67,82)(H,68,75)(H,73,74)(H,84,85)(H4,58,59,60)/t29-,30-,31+,35-,36-,37-,38-,39-,40-,41-,44-/m0/s1. The summed E-state index contributed by atoms with van der Waals surface area (Å²) in [6.45, 7) is 7.21. The lowest BCUT2D eigenvalue weighted by atomic mass is 10.0. The van der Waals surface area contributed by atoms with E-state index in [9.17, 15) is 78.0 Å². The maximum Gasteiger partial charge on any atom is 0.325 e. The molecule has 30 nitrogen and oxygen atoms in total. The van der Waals surface area contributed by atoms with Gasteiger partial charge in [0, 0.05) is 38.8 Å². The number of nitrogens with two attached hydrogens (primary N) is 4. The highest BCUT2D eigenvalue weighted by Crippen LogP contribution is 2.22. The maximum absolute atomic E-state index is 14.8. The number of aliphatic imine (C=N–C) groups is 1. The lowest BCUT2D eigenvalue weighted by Crippen LogP contribution is -2.60. The summed E-state index contributed by atoms with van der Waals surface area (Å²) >= 11 is 0. The normalized spacial score (nSPS) is 16.4. The topological polar surface area (TPSA) is 502 Å². The molecule has 1 saturated heterocycles. The van der Waals surface area contributed by atoms with Gasteiger partial charge in [-0.2, -0.15) is 0 Å². The van der Waals surface area contributed by atoms with E-state index in [0.29, 0.717) is 17.5 Å². The molecule has 2 aromatic rings. The van der Waals surface area contributed by atoms with E-state index in [0.717, 1.165) is 6.92 Å². The third-order valence-electron chi connectivity index (χ3n) is 13.6. The lowest BCUT2D eigenvalue weighted by molar-refractivity contribution is -0.143. The first kappa shape index (κ1) is 70.3. The Bertz CT molecular complexity index is 2690. The summed E-state index contributed by atoms with van der Waals surface area (Å²) in [6.07, 6.45) is -3.11. The van der Waals surface area contributed by atoms with Crippen molar-refractivity contribution in [3.8, 4) is 5.75 Å². The molecule has 0 aliphatic carbocycles. The molecule has 85 heavy (non-hydrogen) atoms. The largest absolute Gasteiger partial charge is 0.508 e. The van der Waals surface area contributed by atoms with Crippen molar-refractivity contribution in [2.45, 2.75) is 172 Å². The fourth-order valence-electron chi connectivity index (χ4n) is 8.82. The molecule has 0 unspecified atom stereocenters. The minimum atomic E-state index is -1.56. The molecular formula is C55H82N14O16. The van der Waals surface area contributed by atoms with Gasteiger partial charge in [-0.05, 0) is 94.9 Å². The van der Waals surface area contributed by atoms with Crippen molar-refractivity contribution in [2.24, 2.45) is 33.8 Å². The summed E-state index contributed by atoms with van der Waals surface area (Å²) in [5.41, 5.74) is 23.2. The van der Waals surface area contributed by atoms with E-state index in [2.05, 4.69) is 47.5 Å². The summed E-state index contributed by atoms with van der Waals surface area (Å²) in [6, 6.07) is -0.0308. The molecule has 1 fully saturated rings. The zero-order valence-corrected chi connectivity index (χ0v) is 48.2. The highest BCUT2D eigenvalue weighted by molar-refractivity contribution is 5.99. The number of carboxylic acids is 2. The van der Waals surface area contributed by atoms with Crippen molar-refractivity contribution < 1.29 is 78.0 Å². The molecule has 1 aliphatic heterocycles. The molecule has 0 aromatic heterocycles. The molecule has 10 amide bonds. The van der Waals surface area contributed by atoms with Gasteiger partial charge in [0.25, 0.3) is 0 Å². The number of phenols is 1. The van der Waals surface area contributed by atoms with Gasteiger partial charge in [0.05, 0.1) is 6.10 Å². The average Bonchev–Trinajstić information content (AvgIpc) is 4.23. The Hall–Kier alpha value is -8.93. The van der Waals surface area contributed by atoms with Gasteiger partial charge in [-0.25, -0.2) is 0 Å². The smallest absolute Gasteiger partial charge is 0.325 e. The molecule has 1 heterocycles. The van der Waals surface area contributed by atoms with Gasteiger partial charge in [0.2, 0.25) is 59.1 Å². The van der Waals surface area contributed by atoms with Crippen LogP contribution in [0.1, 0.15) is 104 Å². The summed E-state index contributed by atoms with van der Waals surface area (Å²) in [4.78, 5) is 165. The number of hydrogen-bond acceptors (Lipinski definition) is 16. The number of likely N-dealkylation sites (tertiary alicyclic amines) is 1. The summed E-state index contributed by atoms with van der Waals surface area (Å²) < 4.78 is 0. The molecular weight excluding hydrogens is 1110 g/mol. The molecule has 1 aliphatic rings. The first-order valence-electron chi connectivity index (χ1n) is 27.7. The number of aliphatic hydroxyl groups is 1. The predicted molar refractivity (Wildman–Crippen MR) is 305 cm³/mol. The van der Waals surface area contributed by atoms with Crippen LogP contribution >= 0.6 is 0 Å². The second-order valence-corrected chi connectivity index (χ2v) is 21.2. The van der Waals surface area contributed by atoms with E-state index in [-0.39, 0.29) is 75.7 Å². The number of hydrogen-bond donors (Lipinski definition) is 16. The average molecular weight is 1200 g/mol. The maximum atomic E-state index is 14.8. The molecule has 0 saturated carbocycles. The molecule has 468 valence electrons. The van der Waals surface area contributed by atoms with Gasteiger partial charge in [-0.1, -0.05) is 56.3 Å². The minimum absolute atomic E-state index is 0.00296. The second-order valence-electron chi connectivity index (χ2n) is 21.2. The van der Waals surface area contributed by atoms with Gasteiger partial charge < -0.3 is 90.8 Å². The van der Waals surface area contributed by atoms with E-state index in [4.69, 9.17) is 22.9 Å². The van der Waals surface area contributed by atoms with E-state index in [1.54, 1.807) is 44.2 Å². The van der Waals surface area contributed by atoms with Crippen LogP contribution in [0, 0.1) is 5.92 Å². The number of rotatable bonds is 35. The molecule has 11 atom stereocenters. The van der Waals surface area contributed by atoms with E-state index >= 15 is 0 Å². The second kappa shape index (κ2) is 34.6. The van der Waals surface area contributed by atoms with Gasteiger partial charge >= 0.3 is 11.9 Å². The fourth-order valence-corrected chi connectivity index (χ4v) is 8.82. The van der Waals surface area contributed by atoms with Crippen LogP contribution in [0.3, 0.4) is 0 Å². The summed E-state index contributed by atoms with van der Waals surface area (Å²) in [5.74, 6) is -12.2. The SMILES string of the molecule is CC(C)C[C@H](NC(=O)[C@@H]1CCCN1C(=O)[C@H](Cc1ccc(O)cc1)NC(=O)[C@H](C)NC(=O)[C@H](CCC(N)=O)NC(=O)[C@H](Cc1ccccc1)NC(=O)[C@@H](N)[C@@H](C)O)C(=O)N[C@@H](CCCN=C(N)N)C(=O)N[C@@H](CCC(=O)O)C(=O)N[C@@H](C)C(=O)O. The predicted octanol–water partition coefficient (Wildman–Crippen LogP) is -3.89. The Morgan fingerprint density at radius 3 is 1.62 bits per heavy atom. The lowest BCUT2D eigenvalue weighted by Gasteiger charge is -2.31. The molecule has 2 aromatic carbocycles. The van der Waals surface area contributed by atoms with Crippen molar-refractivity contribution in [1.82, 2.24) is 47.4 Å². The number of phenolic OH excluding ortho intramolecular Hbond substituents is 1. The minimum Gasteiger partial charge on any atom is -0.508 e. The molecule has 0 spiro atoms. The Kier molecular flexibility index (Phi) is 28.6. The number of nitrogens with one attached hydrogen (secondary N) is 8. The Balaban J connectivity index is 1.90. The van der Waals surface area contributed by atoms with Gasteiger partial charge in [0.1, 0.15) is 66.2 Å². The van der Waals surface area contributed by atoms with Crippen molar-refractivity contribution >= 4 is 77.0 Å². The Morgan fingerprint density at radius 1 is 0.588 bits per heavy atom. The molecule has 3 rings (SSSR count). The molecule has 0 radical (unpaired) electrons. The van der Waals surface area contributed by atoms with Crippen LogP contribution in [0.5, 0.6) is 5.75 Å². The van der Waals surface area contributed by atoms with E-state index in [1.165, 1.54) is 43.0 Å². The quantitative estimate of drug-likeness (QED) is 0.0178. The summed E-state index contributed by atoms with van der Waals surface area (Å²) in [5, 5.41) is 58.7. The zero-order chi connectivity index (χ0) is 63.7. The Labute approximate surface area is 491 Å². The third kappa shape index (κ3) is 24.4. The Morgan fingerprint density at radius 2 is 1.08 bits per heavy atom. The first-order valence-corrected chi connectivity index (χ1v) is 27.7. The molecule has 20 N–H and O–H groups in total. The number of guanidine groups is 1. The van der Waals surface area contributed by atoms with Crippen LogP contribution in [-0.4, -0.2) is 182 Å². The van der Waals surface area contributed by atoms with Crippen LogP contribution in [0.2, 0.25) is 0 Å². The van der Waals surface area contributed by atoms with Crippen molar-refractivity contribution in [2.75, 3.05) is 13.1 Å². The first-order chi connectivity index (χ1) is 40.0. The summed E-state index contributed by atoms with van der Waals surface area (Å²) in [7, 11) is 0. The van der Waals surface area contributed by atoms with Crippen molar-refractivity contribution in [1.29, 1.82) is 0 Å². The molecule has 30 heteroatoms. The number of aliphatic hydroxyl groups excluding tert-OH is 1. The van der Waals surface area contributed by atoms with Crippen molar-refractivity contribution in [3.05, 3.63) is 65.7 Å². The number of aliphatic carboxylic acids is 2. The van der Waals surface area contributed by atoms with E-state index < -0.39 is 157 Å². The number of aromatic hydroxyl groups is 1. The van der Waals surface area contributed by atoms with Crippen LogP contribution in [-0.2, 0) is 70.4 Å². The number of amides is 10. The number of carbonyl (C=O) groups excluding carboxylic acids is 10. The fraction of sp³-hybridized carbons (Fsp3) is 0.545. The van der Waals surface area contributed by atoms with Crippen LogP contribution < -0.4 is 65.5 Å². The van der Waals surface area contributed by atoms with Crippen LogP contribution in [0.25, 0.3) is 0 Å². The monoisotopic (exact) mass is 1190 g/mol. The van der Waals surface area contributed by atoms with Gasteiger partial charge in [0.15, 0.2) is 5.96 Å². The van der Waals surface area contributed by atoms with E-state index in [1.807, 2.05) is 0 Å². The highest BCUT2D eigenvalue weighted by atomic mass is 16.4. The van der Waals surface area contributed by atoms with Crippen LogP contribution in [0.15, 0.2) is 59.6 Å². The molecule has 0 bridgehead atoms. The number of carboxylic acid groups (broad SMARTS) is 2. The third-order valence-corrected chi connectivity index (χ3v) is 13.6. The highest BCUT2D eigenvalue weighted by Gasteiger charge is 2.41. The number of nitrogens with zero attached hydrogens (tertiary/aromatic N) is 2. The number of benzene rings is 2. The zero-order valence-electron chi connectivity index (χ0n) is 48.2.